The van der Waals surface area contributed by atoms with Crippen LogP contribution < -0.4 is 0 Å². The van der Waals surface area contributed by atoms with Gasteiger partial charge in [0.1, 0.15) is 0 Å². The Hall–Kier alpha value is 0.640. The van der Waals surface area contributed by atoms with Crippen LogP contribution in [0, 0.1) is 3.57 Å². The van der Waals surface area contributed by atoms with Gasteiger partial charge in [-0.25, -0.2) is 0 Å². The summed E-state index contributed by atoms with van der Waals surface area (Å²) in [6.07, 6.45) is 3.19. The molecule has 14 heavy (non-hydrogen) atoms. The molecule has 3 heteroatoms. The minimum atomic E-state index is 0.340. The summed E-state index contributed by atoms with van der Waals surface area (Å²) in [5.74, 6) is 0. The zero-order chi connectivity index (χ0) is 9.97. The van der Waals surface area contributed by atoms with Crippen molar-refractivity contribution in [3.63, 3.8) is 0 Å². The largest absolute Gasteiger partial charge is 0.370 e. The number of benzene rings is 1. The van der Waals surface area contributed by atoms with E-state index in [1.165, 1.54) is 22.0 Å². The summed E-state index contributed by atoms with van der Waals surface area (Å²) < 4.78 is 8.32. The van der Waals surface area contributed by atoms with Crippen molar-refractivity contribution in [2.45, 2.75) is 25.0 Å². The molecular formula is C11H12I2O. The van der Waals surface area contributed by atoms with E-state index in [1.54, 1.807) is 0 Å². The van der Waals surface area contributed by atoms with Crippen LogP contribution in [0.3, 0.4) is 0 Å². The molecule has 0 aromatic heterocycles. The van der Waals surface area contributed by atoms with Crippen LogP contribution in [0.2, 0.25) is 0 Å². The smallest absolute Gasteiger partial charge is 0.0830 e. The molecule has 0 aliphatic carbocycles. The standard InChI is InChI=1S/C11H12I2O/c12-7-10-5-6-11(14-10)8-1-3-9(13)4-2-8/h1-4,10-11H,5-7H2. The normalized spacial score (nSPS) is 26.7. The second kappa shape index (κ2) is 5.12. The molecule has 0 amide bonds. The van der Waals surface area contributed by atoms with Crippen molar-refractivity contribution < 1.29 is 4.74 Å². The van der Waals surface area contributed by atoms with Crippen LogP contribution in [-0.4, -0.2) is 10.5 Å². The van der Waals surface area contributed by atoms with Gasteiger partial charge in [-0.15, -0.1) is 0 Å². The Kier molecular flexibility index (Phi) is 4.07. The summed E-state index contributed by atoms with van der Waals surface area (Å²) >= 11 is 4.73. The zero-order valence-electron chi connectivity index (χ0n) is 7.75. The lowest BCUT2D eigenvalue weighted by Crippen LogP contribution is -2.07. The fraction of sp³-hybridized carbons (Fsp3) is 0.455. The second-order valence-corrected chi connectivity index (χ2v) is 5.66. The van der Waals surface area contributed by atoms with Gasteiger partial charge in [-0.3, -0.25) is 0 Å². The van der Waals surface area contributed by atoms with Crippen molar-refractivity contribution >= 4 is 45.2 Å². The zero-order valence-corrected chi connectivity index (χ0v) is 12.1. The van der Waals surface area contributed by atoms with Crippen LogP contribution in [0.4, 0.5) is 0 Å². The number of rotatable bonds is 2. The van der Waals surface area contributed by atoms with E-state index >= 15 is 0 Å². The molecule has 1 aliphatic heterocycles. The first-order valence-electron chi connectivity index (χ1n) is 4.76. The van der Waals surface area contributed by atoms with E-state index in [4.69, 9.17) is 4.74 Å². The topological polar surface area (TPSA) is 9.23 Å². The summed E-state index contributed by atoms with van der Waals surface area (Å²) in [5, 5.41) is 0. The monoisotopic (exact) mass is 414 g/mol. The van der Waals surface area contributed by atoms with Crippen molar-refractivity contribution in [3.05, 3.63) is 33.4 Å². The molecule has 1 aromatic carbocycles. The molecule has 1 fully saturated rings. The average Bonchev–Trinajstić information content (AvgIpc) is 2.67. The third kappa shape index (κ3) is 2.61. The summed E-state index contributed by atoms with van der Waals surface area (Å²) in [6, 6.07) is 8.66. The maximum atomic E-state index is 5.93. The molecule has 2 rings (SSSR count). The Morgan fingerprint density at radius 3 is 2.50 bits per heavy atom. The number of hydrogen-bond donors (Lipinski definition) is 0. The van der Waals surface area contributed by atoms with Crippen molar-refractivity contribution in [1.29, 1.82) is 0 Å². The highest BCUT2D eigenvalue weighted by Gasteiger charge is 2.25. The first-order valence-corrected chi connectivity index (χ1v) is 7.37. The molecule has 0 spiro atoms. The average molecular weight is 414 g/mol. The molecule has 1 aromatic rings. The second-order valence-electron chi connectivity index (χ2n) is 3.53. The predicted octanol–water partition coefficient (Wildman–Crippen LogP) is 3.95. The molecule has 0 bridgehead atoms. The molecule has 1 nitrogen and oxygen atoms in total. The van der Waals surface area contributed by atoms with E-state index in [-0.39, 0.29) is 0 Å². The maximum Gasteiger partial charge on any atom is 0.0830 e. The predicted molar refractivity (Wildman–Crippen MR) is 74.9 cm³/mol. The van der Waals surface area contributed by atoms with Gasteiger partial charge in [-0.05, 0) is 53.1 Å². The van der Waals surface area contributed by atoms with Gasteiger partial charge in [0.15, 0.2) is 0 Å². The lowest BCUT2D eigenvalue weighted by Gasteiger charge is -2.12. The Morgan fingerprint density at radius 1 is 1.21 bits per heavy atom. The Morgan fingerprint density at radius 2 is 1.93 bits per heavy atom. The molecular weight excluding hydrogens is 402 g/mol. The molecule has 1 saturated heterocycles. The van der Waals surface area contributed by atoms with Gasteiger partial charge in [0.25, 0.3) is 0 Å². The van der Waals surface area contributed by atoms with Gasteiger partial charge in [-0.1, -0.05) is 34.7 Å². The molecule has 2 atom stereocenters. The Labute approximate surface area is 112 Å². The molecule has 0 saturated carbocycles. The highest BCUT2D eigenvalue weighted by molar-refractivity contribution is 14.1. The van der Waals surface area contributed by atoms with Crippen molar-refractivity contribution in [2.24, 2.45) is 0 Å². The van der Waals surface area contributed by atoms with Gasteiger partial charge in [0.05, 0.1) is 12.2 Å². The first-order chi connectivity index (χ1) is 6.79. The van der Waals surface area contributed by atoms with Gasteiger partial charge in [-0.2, -0.15) is 0 Å². The van der Waals surface area contributed by atoms with E-state index in [9.17, 15) is 0 Å². The molecule has 0 radical (unpaired) electrons. The third-order valence-electron chi connectivity index (χ3n) is 2.52. The molecule has 1 aliphatic rings. The fourth-order valence-electron chi connectivity index (χ4n) is 1.74. The van der Waals surface area contributed by atoms with Gasteiger partial charge < -0.3 is 4.74 Å². The van der Waals surface area contributed by atoms with E-state index < -0.39 is 0 Å². The number of ether oxygens (including phenoxy) is 1. The van der Waals surface area contributed by atoms with E-state index in [0.717, 1.165) is 4.43 Å². The fourth-order valence-corrected chi connectivity index (χ4v) is 2.75. The minimum absolute atomic E-state index is 0.340. The molecule has 1 heterocycles. The minimum Gasteiger partial charge on any atom is -0.370 e. The van der Waals surface area contributed by atoms with Gasteiger partial charge in [0, 0.05) is 8.00 Å². The van der Waals surface area contributed by atoms with Gasteiger partial charge >= 0.3 is 0 Å². The Bertz CT molecular complexity index is 297. The van der Waals surface area contributed by atoms with Crippen LogP contribution in [0.25, 0.3) is 0 Å². The van der Waals surface area contributed by atoms with Crippen molar-refractivity contribution in [2.75, 3.05) is 4.43 Å². The van der Waals surface area contributed by atoms with Crippen LogP contribution >= 0.6 is 45.2 Å². The number of alkyl halides is 1. The summed E-state index contributed by atoms with van der Waals surface area (Å²) in [7, 11) is 0. The summed E-state index contributed by atoms with van der Waals surface area (Å²) in [5.41, 5.74) is 1.33. The highest BCUT2D eigenvalue weighted by atomic mass is 127. The molecule has 76 valence electrons. The van der Waals surface area contributed by atoms with E-state index in [0.29, 0.717) is 12.2 Å². The van der Waals surface area contributed by atoms with E-state index in [2.05, 4.69) is 69.4 Å². The van der Waals surface area contributed by atoms with Crippen LogP contribution in [-0.2, 0) is 4.74 Å². The van der Waals surface area contributed by atoms with Gasteiger partial charge in [0.2, 0.25) is 0 Å². The summed E-state index contributed by atoms with van der Waals surface area (Å²) in [4.78, 5) is 0. The van der Waals surface area contributed by atoms with Crippen molar-refractivity contribution in [1.82, 2.24) is 0 Å². The quantitative estimate of drug-likeness (QED) is 0.527. The number of halogens is 2. The number of hydrogen-bond acceptors (Lipinski definition) is 1. The molecule has 2 unspecified atom stereocenters. The lowest BCUT2D eigenvalue weighted by molar-refractivity contribution is 0.0597. The van der Waals surface area contributed by atoms with Crippen molar-refractivity contribution in [3.8, 4) is 0 Å². The van der Waals surface area contributed by atoms with Crippen LogP contribution in [0.15, 0.2) is 24.3 Å². The molecule has 0 N–H and O–H groups in total. The van der Waals surface area contributed by atoms with E-state index in [1.807, 2.05) is 0 Å². The maximum absolute atomic E-state index is 5.93. The van der Waals surface area contributed by atoms with Crippen LogP contribution in [0.1, 0.15) is 24.5 Å². The Balaban J connectivity index is 2.06. The third-order valence-corrected chi connectivity index (χ3v) is 4.22. The lowest BCUT2D eigenvalue weighted by atomic mass is 10.1. The highest BCUT2D eigenvalue weighted by Crippen LogP contribution is 2.33. The first kappa shape index (κ1) is 11.1. The summed E-state index contributed by atoms with van der Waals surface area (Å²) in [6.45, 7) is 0. The van der Waals surface area contributed by atoms with Crippen LogP contribution in [0.5, 0.6) is 0 Å². The SMILES string of the molecule is ICC1CCC(c2ccc(I)cc2)O1.